The summed E-state index contributed by atoms with van der Waals surface area (Å²) in [5.74, 6) is -0.936. The molecule has 1 unspecified atom stereocenters. The maximum atomic E-state index is 13.2. The lowest BCUT2D eigenvalue weighted by molar-refractivity contribution is -0.118. The minimum Gasteiger partial charge on any atom is -0.325 e. The fourth-order valence-electron chi connectivity index (χ4n) is 3.14. The Hall–Kier alpha value is -2.36. The van der Waals surface area contributed by atoms with Gasteiger partial charge < -0.3 is 5.32 Å². The highest BCUT2D eigenvalue weighted by Crippen LogP contribution is 2.43. The van der Waals surface area contributed by atoms with Crippen LogP contribution in [-0.2, 0) is 4.79 Å². The second-order valence-corrected chi connectivity index (χ2v) is 7.84. The zero-order chi connectivity index (χ0) is 18.7. The number of thioether (sulfide) groups is 1. The van der Waals surface area contributed by atoms with Gasteiger partial charge in [0.2, 0.25) is 5.91 Å². The molecule has 1 amide bonds. The normalized spacial score (nSPS) is 19.7. The Morgan fingerprint density at radius 2 is 2.04 bits per heavy atom. The summed E-state index contributed by atoms with van der Waals surface area (Å²) in [6.07, 6.45) is 1.91. The van der Waals surface area contributed by atoms with Gasteiger partial charge in [-0.05, 0) is 43.2 Å². The predicted molar refractivity (Wildman–Crippen MR) is 110 cm³/mol. The first-order chi connectivity index (χ1) is 12.6. The summed E-state index contributed by atoms with van der Waals surface area (Å²) in [5.41, 5.74) is 3.08. The van der Waals surface area contributed by atoms with Crippen LogP contribution in [0.25, 0.3) is 0 Å². The number of rotatable bonds is 4. The number of nitrogens with zero attached hydrogens (tertiary/aromatic N) is 2. The molecule has 6 heteroatoms. The van der Waals surface area contributed by atoms with Crippen molar-refractivity contribution in [1.82, 2.24) is 0 Å². The second kappa shape index (κ2) is 7.90. The van der Waals surface area contributed by atoms with E-state index in [1.165, 1.54) is 11.8 Å². The number of carbonyl (C=O) groups excluding carboxylic acids is 1. The number of aliphatic imine (C=N–C) groups is 1. The molecule has 1 aromatic carbocycles. The van der Waals surface area contributed by atoms with Crippen LogP contribution in [0, 0.1) is 24.2 Å². The molecule has 0 radical (unpaired) electrons. The van der Waals surface area contributed by atoms with Crippen molar-refractivity contribution in [2.24, 2.45) is 10.9 Å². The minimum atomic E-state index is -0.501. The molecule has 1 aromatic heterocycles. The molecule has 1 aliphatic heterocycles. The van der Waals surface area contributed by atoms with Gasteiger partial charge in [-0.25, -0.2) is 4.99 Å². The van der Waals surface area contributed by atoms with E-state index in [1.807, 2.05) is 61.9 Å². The van der Waals surface area contributed by atoms with Crippen LogP contribution >= 0.6 is 23.1 Å². The van der Waals surface area contributed by atoms with E-state index in [1.54, 1.807) is 11.3 Å². The highest BCUT2D eigenvalue weighted by molar-refractivity contribution is 8.02. The van der Waals surface area contributed by atoms with Crippen molar-refractivity contribution >= 4 is 40.4 Å². The molecule has 2 heterocycles. The number of anilines is 1. The average Bonchev–Trinajstić information content (AvgIpc) is 3.16. The first-order valence-electron chi connectivity index (χ1n) is 8.20. The number of nitrogens with one attached hydrogen (secondary N) is 1. The van der Waals surface area contributed by atoms with E-state index in [0.717, 1.165) is 21.8 Å². The molecule has 26 heavy (non-hydrogen) atoms. The summed E-state index contributed by atoms with van der Waals surface area (Å²) in [6, 6.07) is 13.9. The van der Waals surface area contributed by atoms with Gasteiger partial charge in [-0.3, -0.25) is 4.79 Å². The molecule has 1 aliphatic rings. The number of aryl methyl sites for hydroxylation is 1. The number of para-hydroxylation sites is 1. The quantitative estimate of drug-likeness (QED) is 0.813. The Balaban J connectivity index is 2.03. The molecular formula is C20H19N3OS2. The molecule has 132 valence electrons. The van der Waals surface area contributed by atoms with Crippen LogP contribution in [0.1, 0.15) is 23.3 Å². The third-order valence-electron chi connectivity index (χ3n) is 4.45. The smallest absolute Gasteiger partial charge is 0.234 e. The molecule has 0 saturated heterocycles. The van der Waals surface area contributed by atoms with E-state index in [-0.39, 0.29) is 11.8 Å². The average molecular weight is 382 g/mol. The van der Waals surface area contributed by atoms with Crippen molar-refractivity contribution in [2.75, 3.05) is 11.6 Å². The Labute approximate surface area is 161 Å². The monoisotopic (exact) mass is 381 g/mol. The van der Waals surface area contributed by atoms with Crippen LogP contribution in [0.2, 0.25) is 0 Å². The van der Waals surface area contributed by atoms with Crippen molar-refractivity contribution < 1.29 is 4.79 Å². The summed E-state index contributed by atoms with van der Waals surface area (Å²) < 4.78 is 0. The van der Waals surface area contributed by atoms with Gasteiger partial charge >= 0.3 is 0 Å². The standard InChI is InChI=1S/C20H19N3OS2/c1-12-7-4-5-8-15(12)23-19(24)17-13(2)22-20(25-3)14(11-21)18(17)16-9-6-10-26-16/h4-10,17-18H,1-3H3,(H,23,24)/t17?,18-/m0/s1. The summed E-state index contributed by atoms with van der Waals surface area (Å²) in [5, 5.41) is 15.5. The molecular weight excluding hydrogens is 362 g/mol. The van der Waals surface area contributed by atoms with E-state index in [4.69, 9.17) is 0 Å². The highest BCUT2D eigenvalue weighted by atomic mass is 32.2. The SMILES string of the molecule is CSC1=C(C#N)[C@@H](c2cccs2)C(C(=O)Nc2ccccc2C)C(C)=N1. The van der Waals surface area contributed by atoms with Crippen LogP contribution < -0.4 is 5.32 Å². The molecule has 2 atom stereocenters. The molecule has 4 nitrogen and oxygen atoms in total. The number of thiophene rings is 1. The lowest BCUT2D eigenvalue weighted by Crippen LogP contribution is -2.36. The van der Waals surface area contributed by atoms with Gasteiger partial charge in [0.25, 0.3) is 0 Å². The van der Waals surface area contributed by atoms with Gasteiger partial charge in [0.05, 0.1) is 17.6 Å². The lowest BCUT2D eigenvalue weighted by atomic mass is 9.80. The zero-order valence-corrected chi connectivity index (χ0v) is 16.4. The first-order valence-corrected chi connectivity index (χ1v) is 10.3. The van der Waals surface area contributed by atoms with Crippen LogP contribution in [0.3, 0.4) is 0 Å². The molecule has 0 fully saturated rings. The lowest BCUT2D eigenvalue weighted by Gasteiger charge is -2.29. The number of benzene rings is 1. The fourth-order valence-corrected chi connectivity index (χ4v) is 4.64. The fraction of sp³-hybridized carbons (Fsp3) is 0.250. The number of carbonyl (C=O) groups is 1. The number of hydrogen-bond donors (Lipinski definition) is 1. The number of hydrogen-bond acceptors (Lipinski definition) is 5. The molecule has 0 bridgehead atoms. The van der Waals surface area contributed by atoms with Crippen LogP contribution in [0.5, 0.6) is 0 Å². The van der Waals surface area contributed by atoms with E-state index < -0.39 is 5.92 Å². The summed E-state index contributed by atoms with van der Waals surface area (Å²) in [4.78, 5) is 18.7. The van der Waals surface area contributed by atoms with Gasteiger partial charge in [0, 0.05) is 22.2 Å². The molecule has 0 aliphatic carbocycles. The highest BCUT2D eigenvalue weighted by Gasteiger charge is 2.39. The van der Waals surface area contributed by atoms with Crippen molar-refractivity contribution in [3.63, 3.8) is 0 Å². The number of allylic oxidation sites excluding steroid dienone is 1. The Bertz CT molecular complexity index is 923. The van der Waals surface area contributed by atoms with Gasteiger partial charge in [-0.15, -0.1) is 23.1 Å². The van der Waals surface area contributed by atoms with Crippen molar-refractivity contribution in [2.45, 2.75) is 19.8 Å². The van der Waals surface area contributed by atoms with Crippen LogP contribution in [0.4, 0.5) is 5.69 Å². The van der Waals surface area contributed by atoms with E-state index in [0.29, 0.717) is 10.6 Å². The van der Waals surface area contributed by atoms with Crippen LogP contribution in [-0.4, -0.2) is 17.9 Å². The van der Waals surface area contributed by atoms with Gasteiger partial charge in [-0.2, -0.15) is 5.26 Å². The van der Waals surface area contributed by atoms with Crippen molar-refractivity contribution in [3.05, 3.63) is 62.8 Å². The topological polar surface area (TPSA) is 65.2 Å². The second-order valence-electron chi connectivity index (χ2n) is 6.06. The summed E-state index contributed by atoms with van der Waals surface area (Å²) in [6.45, 7) is 3.83. The van der Waals surface area contributed by atoms with Crippen molar-refractivity contribution in [1.29, 1.82) is 5.26 Å². The zero-order valence-electron chi connectivity index (χ0n) is 14.8. The maximum absolute atomic E-state index is 13.2. The Kier molecular flexibility index (Phi) is 5.60. The maximum Gasteiger partial charge on any atom is 0.234 e. The van der Waals surface area contributed by atoms with Gasteiger partial charge in [-0.1, -0.05) is 24.3 Å². The van der Waals surface area contributed by atoms with Gasteiger partial charge in [0.1, 0.15) is 5.03 Å². The van der Waals surface area contributed by atoms with Gasteiger partial charge in [0.15, 0.2) is 0 Å². The minimum absolute atomic E-state index is 0.133. The molecule has 2 aromatic rings. The Morgan fingerprint density at radius 1 is 1.27 bits per heavy atom. The van der Waals surface area contributed by atoms with E-state index >= 15 is 0 Å². The number of nitriles is 1. The van der Waals surface area contributed by atoms with E-state index in [2.05, 4.69) is 16.4 Å². The molecule has 3 rings (SSSR count). The Morgan fingerprint density at radius 3 is 2.65 bits per heavy atom. The summed E-state index contributed by atoms with van der Waals surface area (Å²) >= 11 is 3.01. The predicted octanol–water partition coefficient (Wildman–Crippen LogP) is 4.97. The largest absolute Gasteiger partial charge is 0.325 e. The van der Waals surface area contributed by atoms with E-state index in [9.17, 15) is 10.1 Å². The molecule has 0 saturated carbocycles. The third kappa shape index (κ3) is 3.46. The molecule has 1 N–H and O–H groups in total. The van der Waals surface area contributed by atoms with Crippen molar-refractivity contribution in [3.8, 4) is 6.07 Å². The van der Waals surface area contributed by atoms with Crippen LogP contribution in [0.15, 0.2) is 57.4 Å². The third-order valence-corrected chi connectivity index (χ3v) is 6.10. The molecule has 0 spiro atoms. The summed E-state index contributed by atoms with van der Waals surface area (Å²) in [7, 11) is 0. The first kappa shape index (κ1) is 18.4. The number of amides is 1.